The number of ether oxygens (including phenoxy) is 4. The zero-order valence-corrected chi connectivity index (χ0v) is 33.0. The molecule has 4 atom stereocenters. The highest BCUT2D eigenvalue weighted by Gasteiger charge is 2.30. The smallest absolute Gasteiger partial charge is 0.416 e. The first-order valence-corrected chi connectivity index (χ1v) is 18.6. The van der Waals surface area contributed by atoms with E-state index in [1.54, 1.807) is 88.4 Å². The van der Waals surface area contributed by atoms with Crippen LogP contribution in [-0.4, -0.2) is 71.6 Å². The molecular formula is C43H48F4N2O10. The molecule has 4 aromatic carbocycles. The summed E-state index contributed by atoms with van der Waals surface area (Å²) in [6.45, 7) is 7.60. The first-order chi connectivity index (χ1) is 28.0. The number of hydrogen-bond donors (Lipinski definition) is 4. The van der Waals surface area contributed by atoms with Gasteiger partial charge in [-0.3, -0.25) is 9.59 Å². The third kappa shape index (κ3) is 16.8. The van der Waals surface area contributed by atoms with E-state index in [1.165, 1.54) is 24.3 Å². The van der Waals surface area contributed by atoms with Gasteiger partial charge in [-0.25, -0.2) is 14.0 Å². The molecule has 0 saturated carbocycles. The van der Waals surface area contributed by atoms with Gasteiger partial charge in [0, 0.05) is 39.1 Å². The van der Waals surface area contributed by atoms with Crippen molar-refractivity contribution >= 4 is 23.8 Å². The first-order valence-electron chi connectivity index (χ1n) is 18.6. The second-order valence-corrected chi connectivity index (χ2v) is 13.0. The molecule has 4 rings (SSSR count). The van der Waals surface area contributed by atoms with E-state index in [2.05, 4.69) is 10.6 Å². The normalized spacial score (nSPS) is 13.1. The minimum absolute atomic E-state index is 0.0671. The number of carbonyl (C=O) groups excluding carboxylic acids is 2. The summed E-state index contributed by atoms with van der Waals surface area (Å²) < 4.78 is 72.2. The maximum Gasteiger partial charge on any atom is 0.416 e. The number of benzene rings is 4. The Kier molecular flexibility index (Phi) is 18.8. The Bertz CT molecular complexity index is 1920. The number of carboxylic acid groups (broad SMARTS) is 2. The molecule has 16 heteroatoms. The SMILES string of the molecule is CCO[C@H](Cc1ccc(OC(C)C(=O)NCc2ccc(C(F)(F)F)cc2)cc1)C(=O)O.CCO[C@H](Cc1ccc(OC(C)C(=O)NCc2ccc(F)cc2)cc1)C(=O)O. The van der Waals surface area contributed by atoms with Crippen LogP contribution in [0.5, 0.6) is 11.5 Å². The molecule has 2 unspecified atom stereocenters. The lowest BCUT2D eigenvalue weighted by Crippen LogP contribution is -2.35. The highest BCUT2D eigenvalue weighted by atomic mass is 19.4. The van der Waals surface area contributed by atoms with Gasteiger partial charge in [-0.05, 0) is 98.5 Å². The van der Waals surface area contributed by atoms with E-state index in [4.69, 9.17) is 29.2 Å². The van der Waals surface area contributed by atoms with Crippen LogP contribution in [0.3, 0.4) is 0 Å². The Morgan fingerprint density at radius 3 is 1.24 bits per heavy atom. The maximum atomic E-state index is 12.9. The molecule has 0 bridgehead atoms. The monoisotopic (exact) mass is 828 g/mol. The summed E-state index contributed by atoms with van der Waals surface area (Å²) in [6, 6.07) is 23.9. The van der Waals surface area contributed by atoms with Crippen molar-refractivity contribution < 1.29 is 65.9 Å². The zero-order valence-electron chi connectivity index (χ0n) is 33.0. The van der Waals surface area contributed by atoms with Crippen LogP contribution in [0.25, 0.3) is 0 Å². The third-order valence-electron chi connectivity index (χ3n) is 8.47. The van der Waals surface area contributed by atoms with Crippen molar-refractivity contribution in [1.29, 1.82) is 0 Å². The summed E-state index contributed by atoms with van der Waals surface area (Å²) in [7, 11) is 0. The molecular weight excluding hydrogens is 780 g/mol. The van der Waals surface area contributed by atoms with Gasteiger partial charge in [-0.2, -0.15) is 13.2 Å². The molecule has 318 valence electrons. The summed E-state index contributed by atoms with van der Waals surface area (Å²) in [5.74, 6) is -2.18. The summed E-state index contributed by atoms with van der Waals surface area (Å²) in [4.78, 5) is 46.7. The van der Waals surface area contributed by atoms with Gasteiger partial charge in [0.15, 0.2) is 24.4 Å². The number of nitrogens with one attached hydrogen (secondary N) is 2. The molecule has 0 aliphatic heterocycles. The fraction of sp³-hybridized carbons (Fsp3) is 0.349. The Balaban J connectivity index is 0.000000317. The highest BCUT2D eigenvalue weighted by Crippen LogP contribution is 2.29. The number of aliphatic carboxylic acids is 2. The van der Waals surface area contributed by atoms with Crippen LogP contribution < -0.4 is 20.1 Å². The summed E-state index contributed by atoms with van der Waals surface area (Å²) in [5.41, 5.74) is 2.10. The minimum atomic E-state index is -4.41. The zero-order chi connectivity index (χ0) is 43.5. The molecule has 0 spiro atoms. The molecule has 4 N–H and O–H groups in total. The molecule has 2 amide bonds. The number of hydrogen-bond acceptors (Lipinski definition) is 8. The molecule has 0 heterocycles. The van der Waals surface area contributed by atoms with Gasteiger partial charge in [0.05, 0.1) is 5.56 Å². The van der Waals surface area contributed by atoms with Crippen molar-refractivity contribution in [3.63, 3.8) is 0 Å². The predicted octanol–water partition coefficient (Wildman–Crippen LogP) is 6.76. The number of amides is 2. The van der Waals surface area contributed by atoms with Gasteiger partial charge in [0.25, 0.3) is 11.8 Å². The Morgan fingerprint density at radius 2 is 0.915 bits per heavy atom. The molecule has 0 fully saturated rings. The van der Waals surface area contributed by atoms with E-state index >= 15 is 0 Å². The molecule has 0 saturated heterocycles. The van der Waals surface area contributed by atoms with Crippen molar-refractivity contribution in [3.8, 4) is 11.5 Å². The summed E-state index contributed by atoms with van der Waals surface area (Å²) >= 11 is 0. The number of carbonyl (C=O) groups is 4. The number of carboxylic acids is 2. The van der Waals surface area contributed by atoms with Gasteiger partial charge in [-0.15, -0.1) is 0 Å². The summed E-state index contributed by atoms with van der Waals surface area (Å²) in [6.07, 6.45) is -7.35. The van der Waals surface area contributed by atoms with Crippen molar-refractivity contribution in [2.45, 2.75) is 84.2 Å². The molecule has 12 nitrogen and oxygen atoms in total. The van der Waals surface area contributed by atoms with Crippen LogP contribution in [0.2, 0.25) is 0 Å². The Morgan fingerprint density at radius 1 is 0.576 bits per heavy atom. The van der Waals surface area contributed by atoms with Crippen LogP contribution in [0, 0.1) is 5.82 Å². The van der Waals surface area contributed by atoms with Crippen molar-refractivity contribution in [1.82, 2.24) is 10.6 Å². The average Bonchev–Trinajstić information content (AvgIpc) is 3.20. The van der Waals surface area contributed by atoms with Crippen molar-refractivity contribution in [2.24, 2.45) is 0 Å². The van der Waals surface area contributed by atoms with E-state index in [-0.39, 0.29) is 44.3 Å². The average molecular weight is 829 g/mol. The van der Waals surface area contributed by atoms with Gasteiger partial charge in [0.1, 0.15) is 17.3 Å². The largest absolute Gasteiger partial charge is 0.481 e. The minimum Gasteiger partial charge on any atom is -0.481 e. The predicted molar refractivity (Wildman–Crippen MR) is 208 cm³/mol. The number of halogens is 4. The van der Waals surface area contributed by atoms with Gasteiger partial charge in [0.2, 0.25) is 0 Å². The maximum absolute atomic E-state index is 12.9. The van der Waals surface area contributed by atoms with Crippen LogP contribution >= 0.6 is 0 Å². The Labute approximate surface area is 339 Å². The lowest BCUT2D eigenvalue weighted by atomic mass is 10.1. The topological polar surface area (TPSA) is 170 Å². The van der Waals surface area contributed by atoms with E-state index in [1.807, 2.05) is 0 Å². The number of alkyl halides is 3. The van der Waals surface area contributed by atoms with E-state index < -0.39 is 54.0 Å². The lowest BCUT2D eigenvalue weighted by Gasteiger charge is -2.16. The fourth-order valence-corrected chi connectivity index (χ4v) is 5.27. The van der Waals surface area contributed by atoms with E-state index in [0.717, 1.165) is 28.8 Å². The standard InChI is InChI=1S/C22H24F3NO5.C21H24FNO5/c1-3-30-19(21(28)29)12-15-6-10-18(11-7-15)31-14(2)20(27)26-13-16-4-8-17(9-5-16)22(23,24)25;1-3-27-19(21(25)26)12-15-6-10-18(11-7-15)28-14(2)20(24)23-13-16-4-8-17(22)9-5-16/h4-11,14,19H,3,12-13H2,1-2H3,(H,26,27)(H,28,29);4-11,14,19H,3,12-13H2,1-2H3,(H,23,24)(H,25,26)/t2*14?,19-/m11/s1. The Hall–Kier alpha value is -6.00. The van der Waals surface area contributed by atoms with Crippen molar-refractivity contribution in [3.05, 3.63) is 131 Å². The van der Waals surface area contributed by atoms with E-state index in [0.29, 0.717) is 23.7 Å². The van der Waals surface area contributed by atoms with Gasteiger partial charge < -0.3 is 39.8 Å². The second kappa shape index (κ2) is 23.4. The number of rotatable bonds is 20. The quantitative estimate of drug-likeness (QED) is 0.0699. The molecule has 0 aliphatic carbocycles. The molecule has 0 radical (unpaired) electrons. The molecule has 59 heavy (non-hydrogen) atoms. The van der Waals surface area contributed by atoms with Crippen LogP contribution in [-0.2, 0) is 60.8 Å². The fourth-order valence-electron chi connectivity index (χ4n) is 5.27. The van der Waals surface area contributed by atoms with Gasteiger partial charge in [-0.1, -0.05) is 48.5 Å². The van der Waals surface area contributed by atoms with Crippen LogP contribution in [0.15, 0.2) is 97.1 Å². The van der Waals surface area contributed by atoms with E-state index in [9.17, 15) is 36.7 Å². The molecule has 4 aromatic rings. The van der Waals surface area contributed by atoms with Gasteiger partial charge >= 0.3 is 18.1 Å². The first kappa shape index (κ1) is 47.4. The molecule has 0 aromatic heterocycles. The van der Waals surface area contributed by atoms with Crippen LogP contribution in [0.1, 0.15) is 55.5 Å². The second-order valence-electron chi connectivity index (χ2n) is 13.0. The molecule has 0 aliphatic rings. The lowest BCUT2D eigenvalue weighted by molar-refractivity contribution is -0.150. The third-order valence-corrected chi connectivity index (χ3v) is 8.47. The highest BCUT2D eigenvalue weighted by molar-refractivity contribution is 5.81. The summed E-state index contributed by atoms with van der Waals surface area (Å²) in [5, 5.41) is 23.6. The van der Waals surface area contributed by atoms with Crippen molar-refractivity contribution in [2.75, 3.05) is 13.2 Å². The van der Waals surface area contributed by atoms with Crippen LogP contribution in [0.4, 0.5) is 17.6 Å².